The lowest BCUT2D eigenvalue weighted by Gasteiger charge is -2.42. The molecule has 0 saturated carbocycles. The van der Waals surface area contributed by atoms with Gasteiger partial charge in [-0.25, -0.2) is 0 Å². The quantitative estimate of drug-likeness (QED) is 0.470. The molecule has 0 bridgehead atoms. The summed E-state index contributed by atoms with van der Waals surface area (Å²) in [5.74, 6) is 0.354. The zero-order valence-electron chi connectivity index (χ0n) is 12.8. The number of rotatable bonds is 6. The van der Waals surface area contributed by atoms with Gasteiger partial charge in [0.1, 0.15) is 0 Å². The Morgan fingerprint density at radius 1 is 1.29 bits per heavy atom. The van der Waals surface area contributed by atoms with Gasteiger partial charge in [-0.15, -0.1) is 0 Å². The Balaban J connectivity index is 5.10. The first kappa shape index (κ1) is 16.6. The van der Waals surface area contributed by atoms with Gasteiger partial charge in [-0.3, -0.25) is 4.79 Å². The second-order valence-corrected chi connectivity index (χ2v) is 12.2. The van der Waals surface area contributed by atoms with Crippen molar-refractivity contribution in [3.63, 3.8) is 0 Å². The van der Waals surface area contributed by atoms with Crippen LogP contribution in [0.3, 0.4) is 0 Å². The van der Waals surface area contributed by atoms with Crippen LogP contribution in [0.1, 0.15) is 53.9 Å². The molecule has 17 heavy (non-hydrogen) atoms. The normalized spacial score (nSPS) is 15.2. The summed E-state index contributed by atoms with van der Waals surface area (Å²) in [5.41, 5.74) is 0.277. The molecule has 0 aromatic carbocycles. The van der Waals surface area contributed by atoms with E-state index in [0.717, 1.165) is 6.42 Å². The minimum Gasteiger partial charge on any atom is -0.295 e. The highest BCUT2D eigenvalue weighted by Crippen LogP contribution is 2.46. The number of hydrogen-bond donors (Lipinski definition) is 0. The van der Waals surface area contributed by atoms with Crippen LogP contribution in [0.15, 0.2) is 12.2 Å². The molecule has 0 aromatic rings. The van der Waals surface area contributed by atoms with Crippen molar-refractivity contribution >= 4 is 13.9 Å². The number of ketones is 1. The minimum atomic E-state index is -1.57. The zero-order chi connectivity index (χ0) is 13.7. The van der Waals surface area contributed by atoms with E-state index in [2.05, 4.69) is 40.8 Å². The van der Waals surface area contributed by atoms with E-state index in [1.165, 1.54) is 12.8 Å². The maximum atomic E-state index is 12.3. The van der Waals surface area contributed by atoms with Gasteiger partial charge in [-0.05, 0) is 24.5 Å². The molecule has 1 unspecified atom stereocenters. The molecule has 0 rings (SSSR count). The Morgan fingerprint density at radius 2 is 1.82 bits per heavy atom. The number of carbonyl (C=O) groups excluding carboxylic acids is 1. The fraction of sp³-hybridized carbons (Fsp3) is 0.800. The average molecular weight is 254 g/mol. The van der Waals surface area contributed by atoms with Crippen LogP contribution in [0.25, 0.3) is 0 Å². The van der Waals surface area contributed by atoms with Crippen molar-refractivity contribution in [1.29, 1.82) is 0 Å². The third-order valence-electron chi connectivity index (χ3n) is 4.32. The van der Waals surface area contributed by atoms with Crippen molar-refractivity contribution in [2.45, 2.75) is 77.6 Å². The van der Waals surface area contributed by atoms with Gasteiger partial charge in [-0.1, -0.05) is 59.7 Å². The molecule has 2 heteroatoms. The summed E-state index contributed by atoms with van der Waals surface area (Å²) in [5, 5.41) is 0.280. The Labute approximate surface area is 109 Å². The molecule has 0 amide bonds. The number of hydrogen-bond acceptors (Lipinski definition) is 1. The molecule has 0 aromatic heterocycles. The summed E-state index contributed by atoms with van der Waals surface area (Å²) in [4.78, 5) is 12.3. The van der Waals surface area contributed by atoms with E-state index in [0.29, 0.717) is 5.78 Å². The van der Waals surface area contributed by atoms with Crippen LogP contribution in [0.4, 0.5) is 0 Å². The van der Waals surface area contributed by atoms with Gasteiger partial charge in [0.2, 0.25) is 0 Å². The van der Waals surface area contributed by atoms with Crippen molar-refractivity contribution < 1.29 is 4.79 Å². The smallest absolute Gasteiger partial charge is 0.155 e. The first-order chi connectivity index (χ1) is 7.68. The number of unbranched alkanes of at least 4 members (excludes halogenated alkanes) is 1. The highest BCUT2D eigenvalue weighted by atomic mass is 28.3. The Hall–Kier alpha value is -0.373. The molecule has 1 atom stereocenters. The summed E-state index contributed by atoms with van der Waals surface area (Å²) in [7, 11) is -1.57. The topological polar surface area (TPSA) is 17.1 Å². The Kier molecular flexibility index (Phi) is 6.39. The molecule has 1 nitrogen and oxygen atoms in total. The van der Waals surface area contributed by atoms with E-state index < -0.39 is 8.07 Å². The molecule has 0 fully saturated rings. The van der Waals surface area contributed by atoms with E-state index in [-0.39, 0.29) is 10.6 Å². The molecule has 0 aliphatic heterocycles. The van der Waals surface area contributed by atoms with Crippen LogP contribution in [-0.2, 0) is 4.79 Å². The molecule has 0 N–H and O–H groups in total. The molecule has 0 aliphatic carbocycles. The van der Waals surface area contributed by atoms with E-state index in [4.69, 9.17) is 0 Å². The predicted octanol–water partition coefficient (Wildman–Crippen LogP) is 5.20. The minimum absolute atomic E-state index is 0.277. The highest BCUT2D eigenvalue weighted by molar-refractivity contribution is 6.84. The molecule has 100 valence electrons. The SMILES string of the molecule is C/C=C/C(=O)C(CCCC)[Si](C)(C)C(C)(C)C. The van der Waals surface area contributed by atoms with E-state index >= 15 is 0 Å². The van der Waals surface area contributed by atoms with Crippen LogP contribution in [0.5, 0.6) is 0 Å². The molecule has 0 spiro atoms. The van der Waals surface area contributed by atoms with Crippen LogP contribution in [0, 0.1) is 0 Å². The summed E-state index contributed by atoms with van der Waals surface area (Å²) < 4.78 is 0. The largest absolute Gasteiger partial charge is 0.295 e. The molecule has 0 aliphatic rings. The maximum absolute atomic E-state index is 12.3. The number of carbonyl (C=O) groups is 1. The second-order valence-electron chi connectivity index (χ2n) is 6.57. The van der Waals surface area contributed by atoms with Crippen LogP contribution >= 0.6 is 0 Å². The fourth-order valence-corrected chi connectivity index (χ4v) is 4.85. The summed E-state index contributed by atoms with van der Waals surface area (Å²) >= 11 is 0. The molecular formula is C15H30OSi. The van der Waals surface area contributed by atoms with Crippen molar-refractivity contribution in [1.82, 2.24) is 0 Å². The Morgan fingerprint density at radius 3 is 2.18 bits per heavy atom. The lowest BCUT2D eigenvalue weighted by Crippen LogP contribution is -2.45. The van der Waals surface area contributed by atoms with E-state index in [1.54, 1.807) is 6.08 Å². The van der Waals surface area contributed by atoms with Gasteiger partial charge in [0, 0.05) is 5.54 Å². The molecule has 0 heterocycles. The van der Waals surface area contributed by atoms with Gasteiger partial charge >= 0.3 is 0 Å². The first-order valence-electron chi connectivity index (χ1n) is 6.85. The van der Waals surface area contributed by atoms with E-state index in [1.807, 2.05) is 13.0 Å². The lowest BCUT2D eigenvalue weighted by molar-refractivity contribution is -0.114. The summed E-state index contributed by atoms with van der Waals surface area (Å²) in [6, 6.07) is 0. The highest BCUT2D eigenvalue weighted by Gasteiger charge is 2.44. The third kappa shape index (κ3) is 4.42. The fourth-order valence-electron chi connectivity index (χ4n) is 2.07. The van der Waals surface area contributed by atoms with Crippen molar-refractivity contribution in [3.05, 3.63) is 12.2 Å². The van der Waals surface area contributed by atoms with Crippen molar-refractivity contribution in [3.8, 4) is 0 Å². The van der Waals surface area contributed by atoms with Crippen molar-refractivity contribution in [2.24, 2.45) is 0 Å². The summed E-state index contributed by atoms with van der Waals surface area (Å²) in [6.07, 6.45) is 7.07. The van der Waals surface area contributed by atoms with Crippen LogP contribution in [-0.4, -0.2) is 13.9 Å². The average Bonchev–Trinajstić information content (AvgIpc) is 2.16. The van der Waals surface area contributed by atoms with Gasteiger partial charge in [0.25, 0.3) is 0 Å². The molecule has 0 saturated heterocycles. The first-order valence-corrected chi connectivity index (χ1v) is 9.92. The van der Waals surface area contributed by atoms with Crippen LogP contribution in [0.2, 0.25) is 23.7 Å². The third-order valence-corrected chi connectivity index (χ3v) is 10.5. The van der Waals surface area contributed by atoms with Crippen LogP contribution < -0.4 is 0 Å². The zero-order valence-corrected chi connectivity index (χ0v) is 13.8. The number of allylic oxidation sites excluding steroid dienone is 2. The van der Waals surface area contributed by atoms with Crippen molar-refractivity contribution in [2.75, 3.05) is 0 Å². The van der Waals surface area contributed by atoms with Gasteiger partial charge < -0.3 is 0 Å². The predicted molar refractivity (Wildman–Crippen MR) is 80.3 cm³/mol. The monoisotopic (exact) mass is 254 g/mol. The Bertz CT molecular complexity index is 271. The van der Waals surface area contributed by atoms with Gasteiger partial charge in [0.15, 0.2) is 5.78 Å². The maximum Gasteiger partial charge on any atom is 0.155 e. The second kappa shape index (κ2) is 6.53. The summed E-state index contributed by atoms with van der Waals surface area (Å²) in [6.45, 7) is 15.7. The molecular weight excluding hydrogens is 224 g/mol. The molecule has 0 radical (unpaired) electrons. The van der Waals surface area contributed by atoms with E-state index in [9.17, 15) is 4.79 Å². The van der Waals surface area contributed by atoms with Gasteiger partial charge in [0.05, 0.1) is 8.07 Å². The van der Waals surface area contributed by atoms with Gasteiger partial charge in [-0.2, -0.15) is 0 Å². The lowest BCUT2D eigenvalue weighted by atomic mass is 10.1. The standard InChI is InChI=1S/C15H30OSi/c1-8-10-12-14(13(16)11-9-2)17(6,7)15(3,4)5/h9,11,14H,8,10,12H2,1-7H3/b11-9+.